The van der Waals surface area contributed by atoms with Gasteiger partial charge in [0.1, 0.15) is 22.7 Å². The molecule has 0 saturated heterocycles. The fraction of sp³-hybridized carbons (Fsp3) is 0. The number of fused-ring (bicyclic) bond motifs is 2. The maximum atomic E-state index is 13.5. The minimum Gasteiger partial charge on any atom is -0.506 e. The van der Waals surface area contributed by atoms with E-state index in [1.165, 1.54) is 12.3 Å². The molecule has 9 heteroatoms. The first-order valence-electron chi connectivity index (χ1n) is 9.58. The maximum absolute atomic E-state index is 13.5. The van der Waals surface area contributed by atoms with Gasteiger partial charge in [0.2, 0.25) is 0 Å². The minimum absolute atomic E-state index is 0.0776. The standard InChI is InChI=1S/C23H16N4O4S/c28-17-11-6-12-18-20(17)27(31)22(25-32-18)19-21(29)15-9-4-5-10-16(15)26(23(19)30)24-13-14-7-2-1-3-8-14/h1-13,28-29,31H. The number of hydrogen-bond acceptors (Lipinski definition) is 8. The molecule has 0 unspecified atom stereocenters. The molecule has 3 N–H and O–H groups in total. The van der Waals surface area contributed by atoms with E-state index in [0.29, 0.717) is 20.9 Å². The van der Waals surface area contributed by atoms with Crippen LogP contribution in [0, 0.1) is 0 Å². The van der Waals surface area contributed by atoms with Crippen LogP contribution >= 0.6 is 11.9 Å². The lowest BCUT2D eigenvalue weighted by atomic mass is 10.1. The van der Waals surface area contributed by atoms with Crippen molar-refractivity contribution >= 4 is 40.6 Å². The zero-order valence-corrected chi connectivity index (χ0v) is 17.3. The molecule has 0 amide bonds. The number of aromatic nitrogens is 1. The lowest BCUT2D eigenvalue weighted by Crippen LogP contribution is -2.36. The molecule has 0 bridgehead atoms. The average Bonchev–Trinajstić information content (AvgIpc) is 2.81. The lowest BCUT2D eigenvalue weighted by molar-refractivity contribution is 0.304. The van der Waals surface area contributed by atoms with Gasteiger partial charge in [-0.1, -0.05) is 48.5 Å². The zero-order valence-electron chi connectivity index (χ0n) is 16.5. The molecule has 0 spiro atoms. The van der Waals surface area contributed by atoms with Gasteiger partial charge in [-0.05, 0) is 29.8 Å². The van der Waals surface area contributed by atoms with Crippen LogP contribution in [0.2, 0.25) is 0 Å². The molecule has 158 valence electrons. The van der Waals surface area contributed by atoms with Gasteiger partial charge in [-0.2, -0.15) is 19.2 Å². The van der Waals surface area contributed by atoms with Crippen LogP contribution in [-0.2, 0) is 0 Å². The monoisotopic (exact) mass is 444 g/mol. The van der Waals surface area contributed by atoms with Crippen molar-refractivity contribution < 1.29 is 15.4 Å². The number of aromatic hydroxyl groups is 2. The molecule has 32 heavy (non-hydrogen) atoms. The van der Waals surface area contributed by atoms with Crippen molar-refractivity contribution in [3.63, 3.8) is 0 Å². The first-order chi connectivity index (χ1) is 15.6. The molecule has 1 aromatic heterocycles. The Kier molecular flexibility index (Phi) is 4.89. The first-order valence-corrected chi connectivity index (χ1v) is 10.4. The van der Waals surface area contributed by atoms with E-state index in [9.17, 15) is 20.2 Å². The maximum Gasteiger partial charge on any atom is 0.286 e. The Morgan fingerprint density at radius 1 is 0.938 bits per heavy atom. The summed E-state index contributed by atoms with van der Waals surface area (Å²) in [6.45, 7) is 0. The number of hydrogen-bond donors (Lipinski definition) is 3. The number of amidine groups is 1. The van der Waals surface area contributed by atoms with Crippen molar-refractivity contribution in [2.75, 3.05) is 5.06 Å². The fourth-order valence-corrected chi connectivity index (χ4v) is 4.25. The van der Waals surface area contributed by atoms with Crippen molar-refractivity contribution in [1.29, 1.82) is 0 Å². The predicted molar refractivity (Wildman–Crippen MR) is 124 cm³/mol. The van der Waals surface area contributed by atoms with Crippen LogP contribution in [0.15, 0.2) is 92.0 Å². The Morgan fingerprint density at radius 3 is 2.50 bits per heavy atom. The van der Waals surface area contributed by atoms with Crippen molar-refractivity contribution in [1.82, 2.24) is 4.68 Å². The smallest absolute Gasteiger partial charge is 0.286 e. The van der Waals surface area contributed by atoms with E-state index in [-0.39, 0.29) is 28.6 Å². The molecular weight excluding hydrogens is 428 g/mol. The van der Waals surface area contributed by atoms with E-state index in [0.717, 1.165) is 22.2 Å². The highest BCUT2D eigenvalue weighted by Gasteiger charge is 2.30. The number of nitrogens with zero attached hydrogens (tertiary/aromatic N) is 4. The summed E-state index contributed by atoms with van der Waals surface area (Å²) in [5.41, 5.74) is 0.339. The van der Waals surface area contributed by atoms with E-state index in [2.05, 4.69) is 9.50 Å². The number of para-hydroxylation sites is 2. The van der Waals surface area contributed by atoms with E-state index < -0.39 is 5.56 Å². The molecule has 0 fully saturated rings. The SMILES string of the molecule is O=c1c(C2=NSc3cccc(O)c3N2O)c(O)c2ccccc2n1N=Cc1ccccc1. The fourth-order valence-electron chi connectivity index (χ4n) is 3.48. The van der Waals surface area contributed by atoms with Crippen molar-refractivity contribution in [2.24, 2.45) is 9.50 Å². The number of phenols is 1. The topological polar surface area (TPSA) is 111 Å². The number of anilines is 1. The van der Waals surface area contributed by atoms with Gasteiger partial charge in [-0.25, -0.2) is 0 Å². The molecule has 4 aromatic rings. The van der Waals surface area contributed by atoms with E-state index in [4.69, 9.17) is 0 Å². The highest BCUT2D eigenvalue weighted by atomic mass is 32.2. The summed E-state index contributed by atoms with van der Waals surface area (Å²) < 4.78 is 5.38. The Hall–Kier alpha value is -4.08. The number of rotatable bonds is 3. The number of benzene rings is 3. The van der Waals surface area contributed by atoms with Crippen LogP contribution < -0.4 is 10.6 Å². The summed E-state index contributed by atoms with van der Waals surface area (Å²) in [7, 11) is 0. The first kappa shape index (κ1) is 19.9. The summed E-state index contributed by atoms with van der Waals surface area (Å²) in [6.07, 6.45) is 1.53. The highest BCUT2D eigenvalue weighted by Crippen LogP contribution is 2.42. The largest absolute Gasteiger partial charge is 0.506 e. The van der Waals surface area contributed by atoms with Gasteiger partial charge < -0.3 is 10.2 Å². The average molecular weight is 444 g/mol. The molecule has 0 atom stereocenters. The minimum atomic E-state index is -0.675. The molecule has 0 radical (unpaired) electrons. The molecule has 0 saturated carbocycles. The molecule has 8 nitrogen and oxygen atoms in total. The van der Waals surface area contributed by atoms with E-state index in [1.54, 1.807) is 36.4 Å². The van der Waals surface area contributed by atoms with Crippen LogP contribution in [0.4, 0.5) is 5.69 Å². The van der Waals surface area contributed by atoms with Crippen LogP contribution in [-0.4, -0.2) is 32.1 Å². The predicted octanol–water partition coefficient (Wildman–Crippen LogP) is 3.96. The third kappa shape index (κ3) is 3.20. The van der Waals surface area contributed by atoms with Crippen LogP contribution in [0.3, 0.4) is 0 Å². The van der Waals surface area contributed by atoms with Crippen LogP contribution in [0.1, 0.15) is 11.1 Å². The summed E-state index contributed by atoms with van der Waals surface area (Å²) in [4.78, 5) is 14.0. The summed E-state index contributed by atoms with van der Waals surface area (Å²) in [5.74, 6) is -0.734. The van der Waals surface area contributed by atoms with Gasteiger partial charge in [-0.3, -0.25) is 10.0 Å². The number of phenolic OH excluding ortho intramolecular Hbond substituents is 1. The molecular formula is C23H16N4O4S. The van der Waals surface area contributed by atoms with Crippen molar-refractivity contribution in [3.05, 3.63) is 94.3 Å². The second-order valence-electron chi connectivity index (χ2n) is 6.95. The van der Waals surface area contributed by atoms with Crippen molar-refractivity contribution in [3.8, 4) is 11.5 Å². The molecule has 1 aliphatic heterocycles. The Labute approximate surface area is 186 Å². The quantitative estimate of drug-likeness (QED) is 0.326. The zero-order chi connectivity index (χ0) is 22.2. The van der Waals surface area contributed by atoms with Gasteiger partial charge in [0.05, 0.1) is 16.6 Å². The van der Waals surface area contributed by atoms with Crippen molar-refractivity contribution in [2.45, 2.75) is 4.90 Å². The van der Waals surface area contributed by atoms with Gasteiger partial charge in [0.15, 0.2) is 5.84 Å². The molecule has 3 aromatic carbocycles. The highest BCUT2D eigenvalue weighted by molar-refractivity contribution is 7.98. The third-order valence-electron chi connectivity index (χ3n) is 5.00. The summed E-state index contributed by atoms with van der Waals surface area (Å²) in [5, 5.41) is 37.3. The van der Waals surface area contributed by atoms with E-state index in [1.807, 2.05) is 30.3 Å². The van der Waals surface area contributed by atoms with Gasteiger partial charge in [0.25, 0.3) is 5.56 Å². The van der Waals surface area contributed by atoms with Gasteiger partial charge >= 0.3 is 0 Å². The molecule has 2 heterocycles. The summed E-state index contributed by atoms with van der Waals surface area (Å²) in [6, 6.07) is 20.7. The van der Waals surface area contributed by atoms with E-state index >= 15 is 0 Å². The normalized spacial score (nSPS) is 13.4. The molecule has 1 aliphatic rings. The lowest BCUT2D eigenvalue weighted by Gasteiger charge is -2.25. The number of pyridine rings is 1. The second-order valence-corrected chi connectivity index (χ2v) is 7.76. The Morgan fingerprint density at radius 2 is 1.69 bits per heavy atom. The Bertz CT molecular complexity index is 1460. The second kappa shape index (κ2) is 7.88. The summed E-state index contributed by atoms with van der Waals surface area (Å²) >= 11 is 0.977. The molecule has 5 rings (SSSR count). The van der Waals surface area contributed by atoms with Crippen LogP contribution in [0.5, 0.6) is 11.5 Å². The van der Waals surface area contributed by atoms with Gasteiger partial charge in [0, 0.05) is 17.3 Å². The number of hydroxylamine groups is 1. The van der Waals surface area contributed by atoms with Gasteiger partial charge in [-0.15, -0.1) is 0 Å². The molecule has 0 aliphatic carbocycles. The third-order valence-corrected chi connectivity index (χ3v) is 5.79. The Balaban J connectivity index is 1.73. The van der Waals surface area contributed by atoms with Crippen LogP contribution in [0.25, 0.3) is 10.9 Å².